The number of aromatic amines is 2. The molecule has 0 unspecified atom stereocenters. The van der Waals surface area contributed by atoms with E-state index in [0.29, 0.717) is 27.8 Å². The fraction of sp³-hybridized carbons (Fsp3) is 0.200. The van der Waals surface area contributed by atoms with Gasteiger partial charge in [0.25, 0.3) is 5.56 Å². The van der Waals surface area contributed by atoms with Gasteiger partial charge in [0, 0.05) is 22.1 Å². The van der Waals surface area contributed by atoms with Crippen molar-refractivity contribution in [3.63, 3.8) is 0 Å². The van der Waals surface area contributed by atoms with Crippen molar-refractivity contribution in [1.29, 1.82) is 0 Å². The second kappa shape index (κ2) is 7.57. The summed E-state index contributed by atoms with van der Waals surface area (Å²) in [5, 5.41) is 8.51. The minimum absolute atomic E-state index is 0.0617. The SMILES string of the molecule is O=c1[nH]c2nc(-c3ccccc3)c(-c3cc(Cl)c4[nH]ncc4c3)nc2cc1C1CCCC1. The number of nitrogens with zero attached hydrogens (tertiary/aromatic N) is 3. The number of rotatable bonds is 3. The zero-order valence-corrected chi connectivity index (χ0v) is 18.0. The molecule has 7 heteroatoms. The van der Waals surface area contributed by atoms with Crippen molar-refractivity contribution in [1.82, 2.24) is 25.1 Å². The Bertz CT molecular complexity index is 1520. The summed E-state index contributed by atoms with van der Waals surface area (Å²) in [5.41, 5.74) is 5.91. The maximum Gasteiger partial charge on any atom is 0.253 e. The van der Waals surface area contributed by atoms with Crippen molar-refractivity contribution < 1.29 is 0 Å². The number of H-pyrrole nitrogens is 2. The lowest BCUT2D eigenvalue weighted by molar-refractivity contribution is 0.713. The van der Waals surface area contributed by atoms with E-state index < -0.39 is 0 Å². The molecule has 3 heterocycles. The molecule has 1 aliphatic carbocycles. The van der Waals surface area contributed by atoms with Crippen molar-refractivity contribution in [3.05, 3.63) is 75.7 Å². The van der Waals surface area contributed by atoms with E-state index in [1.807, 2.05) is 48.5 Å². The molecule has 6 nitrogen and oxygen atoms in total. The lowest BCUT2D eigenvalue weighted by Gasteiger charge is -2.13. The van der Waals surface area contributed by atoms with Crippen LogP contribution in [0.3, 0.4) is 0 Å². The van der Waals surface area contributed by atoms with Crippen LogP contribution in [0.5, 0.6) is 0 Å². The van der Waals surface area contributed by atoms with Crippen LogP contribution in [0.4, 0.5) is 0 Å². The zero-order valence-electron chi connectivity index (χ0n) is 17.2. The van der Waals surface area contributed by atoms with Gasteiger partial charge < -0.3 is 4.98 Å². The quantitative estimate of drug-likeness (QED) is 0.368. The Morgan fingerprint density at radius 1 is 0.938 bits per heavy atom. The third-order valence-corrected chi connectivity index (χ3v) is 6.62. The number of aromatic nitrogens is 5. The Morgan fingerprint density at radius 3 is 2.53 bits per heavy atom. The van der Waals surface area contributed by atoms with E-state index in [1.54, 1.807) is 6.20 Å². The summed E-state index contributed by atoms with van der Waals surface area (Å²) in [7, 11) is 0. The second-order valence-corrected chi connectivity index (χ2v) is 8.76. The first kappa shape index (κ1) is 19.2. The molecule has 0 radical (unpaired) electrons. The maximum atomic E-state index is 12.8. The fourth-order valence-electron chi connectivity index (χ4n) is 4.72. The summed E-state index contributed by atoms with van der Waals surface area (Å²) in [4.78, 5) is 25.7. The number of pyridine rings is 1. The molecule has 0 saturated heterocycles. The van der Waals surface area contributed by atoms with Gasteiger partial charge in [-0.25, -0.2) is 9.97 Å². The number of hydrogen-bond donors (Lipinski definition) is 2. The molecule has 0 bridgehead atoms. The normalized spacial score (nSPS) is 14.5. The molecule has 6 rings (SSSR count). The molecule has 1 saturated carbocycles. The van der Waals surface area contributed by atoms with Gasteiger partial charge in [-0.1, -0.05) is 54.8 Å². The molecule has 2 aromatic carbocycles. The van der Waals surface area contributed by atoms with E-state index in [4.69, 9.17) is 21.6 Å². The molecule has 2 N–H and O–H groups in total. The van der Waals surface area contributed by atoms with Gasteiger partial charge in [-0.15, -0.1) is 0 Å². The summed E-state index contributed by atoms with van der Waals surface area (Å²) in [6.45, 7) is 0. The smallest absolute Gasteiger partial charge is 0.253 e. The van der Waals surface area contributed by atoms with Crippen LogP contribution >= 0.6 is 11.6 Å². The van der Waals surface area contributed by atoms with Crippen LogP contribution in [0.1, 0.15) is 37.2 Å². The summed E-state index contributed by atoms with van der Waals surface area (Å²) < 4.78 is 0. The highest BCUT2D eigenvalue weighted by Gasteiger charge is 2.22. The molecule has 1 aliphatic rings. The number of hydrogen-bond acceptors (Lipinski definition) is 4. The van der Waals surface area contributed by atoms with Gasteiger partial charge in [0.15, 0.2) is 5.65 Å². The molecule has 32 heavy (non-hydrogen) atoms. The number of halogens is 1. The van der Waals surface area contributed by atoms with Crippen molar-refractivity contribution in [3.8, 4) is 22.5 Å². The molecule has 5 aromatic rings. The summed E-state index contributed by atoms with van der Waals surface area (Å²) in [5.74, 6) is 0.291. The van der Waals surface area contributed by atoms with E-state index in [-0.39, 0.29) is 5.56 Å². The molecule has 1 fully saturated rings. The van der Waals surface area contributed by atoms with Gasteiger partial charge in [-0.3, -0.25) is 9.89 Å². The van der Waals surface area contributed by atoms with Gasteiger partial charge >= 0.3 is 0 Å². The predicted molar refractivity (Wildman–Crippen MR) is 127 cm³/mol. The molecular formula is C25H20ClN5O. The molecule has 0 aliphatic heterocycles. The molecule has 0 spiro atoms. The molecule has 0 amide bonds. The van der Waals surface area contributed by atoms with E-state index in [0.717, 1.165) is 59.0 Å². The minimum atomic E-state index is -0.0617. The monoisotopic (exact) mass is 441 g/mol. The van der Waals surface area contributed by atoms with Crippen LogP contribution in [0.2, 0.25) is 5.02 Å². The standard InChI is InChI=1S/C25H20ClN5O/c26-19-11-16(10-17-13-27-31-21(17)19)23-22(15-8-2-1-3-9-15)29-24-20(28-23)12-18(25(32)30-24)14-6-4-5-7-14/h1-3,8-14H,4-7H2,(H,27,31)(H,29,30,32). The summed E-state index contributed by atoms with van der Waals surface area (Å²) in [6, 6.07) is 15.7. The third kappa shape index (κ3) is 3.19. The topological polar surface area (TPSA) is 87.3 Å². The van der Waals surface area contributed by atoms with E-state index in [2.05, 4.69) is 15.2 Å². The van der Waals surface area contributed by atoms with Gasteiger partial charge in [0.1, 0.15) is 5.52 Å². The lowest BCUT2D eigenvalue weighted by Crippen LogP contribution is -2.16. The van der Waals surface area contributed by atoms with Crippen LogP contribution in [0, 0.1) is 0 Å². The van der Waals surface area contributed by atoms with E-state index in [9.17, 15) is 4.79 Å². The highest BCUT2D eigenvalue weighted by Crippen LogP contribution is 2.36. The van der Waals surface area contributed by atoms with Crippen LogP contribution in [-0.4, -0.2) is 25.1 Å². The van der Waals surface area contributed by atoms with Gasteiger partial charge in [0.2, 0.25) is 0 Å². The highest BCUT2D eigenvalue weighted by atomic mass is 35.5. The van der Waals surface area contributed by atoms with Crippen molar-refractivity contribution in [2.75, 3.05) is 0 Å². The van der Waals surface area contributed by atoms with E-state index >= 15 is 0 Å². The summed E-state index contributed by atoms with van der Waals surface area (Å²) >= 11 is 6.54. The Kier molecular flexibility index (Phi) is 4.54. The van der Waals surface area contributed by atoms with Crippen molar-refractivity contribution >= 4 is 33.7 Å². The fourth-order valence-corrected chi connectivity index (χ4v) is 4.99. The second-order valence-electron chi connectivity index (χ2n) is 8.35. The van der Waals surface area contributed by atoms with Crippen LogP contribution in [-0.2, 0) is 0 Å². The number of benzene rings is 2. The van der Waals surface area contributed by atoms with E-state index in [1.165, 1.54) is 0 Å². The summed E-state index contributed by atoms with van der Waals surface area (Å²) in [6.07, 6.45) is 6.16. The Balaban J connectivity index is 1.63. The first-order chi connectivity index (χ1) is 15.7. The van der Waals surface area contributed by atoms with Crippen molar-refractivity contribution in [2.45, 2.75) is 31.6 Å². The van der Waals surface area contributed by atoms with Gasteiger partial charge in [0.05, 0.1) is 28.1 Å². The average Bonchev–Trinajstić information content (AvgIpc) is 3.51. The largest absolute Gasteiger partial charge is 0.305 e. The number of nitrogens with one attached hydrogen (secondary N) is 2. The highest BCUT2D eigenvalue weighted by molar-refractivity contribution is 6.35. The van der Waals surface area contributed by atoms with Crippen LogP contribution < -0.4 is 5.56 Å². The van der Waals surface area contributed by atoms with Crippen molar-refractivity contribution in [2.24, 2.45) is 0 Å². The zero-order chi connectivity index (χ0) is 21.7. The average molecular weight is 442 g/mol. The lowest BCUT2D eigenvalue weighted by atomic mass is 9.98. The Labute approximate surface area is 188 Å². The van der Waals surface area contributed by atoms with Crippen LogP contribution in [0.25, 0.3) is 44.6 Å². The van der Waals surface area contributed by atoms with Crippen LogP contribution in [0.15, 0.2) is 59.5 Å². The molecule has 3 aromatic heterocycles. The maximum absolute atomic E-state index is 12.8. The Hall–Kier alpha value is -3.51. The molecule has 158 valence electrons. The first-order valence-electron chi connectivity index (χ1n) is 10.8. The molecule has 0 atom stereocenters. The minimum Gasteiger partial charge on any atom is -0.305 e. The predicted octanol–water partition coefficient (Wildman–Crippen LogP) is 5.84. The van der Waals surface area contributed by atoms with Gasteiger partial charge in [-0.05, 0) is 37.0 Å². The third-order valence-electron chi connectivity index (χ3n) is 6.33. The number of fused-ring (bicyclic) bond motifs is 2. The first-order valence-corrected chi connectivity index (χ1v) is 11.2. The molecular weight excluding hydrogens is 422 g/mol. The van der Waals surface area contributed by atoms with Gasteiger partial charge in [-0.2, -0.15) is 5.10 Å². The Morgan fingerprint density at radius 2 is 1.72 bits per heavy atom.